The minimum Gasteiger partial charge on any atom is -0.398 e. The highest BCUT2D eigenvalue weighted by Crippen LogP contribution is 2.21. The quantitative estimate of drug-likeness (QED) is 0.610. The van der Waals surface area contributed by atoms with Crippen molar-refractivity contribution in [1.29, 1.82) is 0 Å². The Morgan fingerprint density at radius 3 is 3.10 bits per heavy atom. The molecule has 1 fully saturated rings. The zero-order valence-corrected chi connectivity index (χ0v) is 10.8. The molecule has 2 aromatic rings. The van der Waals surface area contributed by atoms with E-state index < -0.39 is 36.1 Å². The summed E-state index contributed by atoms with van der Waals surface area (Å²) in [5.74, 6) is -3.38. The molecule has 0 aliphatic carbocycles. The van der Waals surface area contributed by atoms with Gasteiger partial charge in [-0.25, -0.2) is 4.98 Å². The van der Waals surface area contributed by atoms with Crippen LogP contribution in [0.25, 0.3) is 10.9 Å². The van der Waals surface area contributed by atoms with E-state index in [2.05, 4.69) is 4.98 Å². The fourth-order valence-electron chi connectivity index (χ4n) is 2.11. The molecular weight excluding hydrogens is 272 g/mol. The summed E-state index contributed by atoms with van der Waals surface area (Å²) in [4.78, 5) is 41.5. The molecule has 1 aliphatic rings. The Morgan fingerprint density at radius 2 is 2.33 bits per heavy atom. The number of nitrogens with one attached hydrogen (secondary N) is 1. The molecule has 2 amide bonds. The summed E-state index contributed by atoms with van der Waals surface area (Å²) in [7, 11) is 0. The van der Waals surface area contributed by atoms with Crippen LogP contribution in [-0.4, -0.2) is 21.4 Å². The van der Waals surface area contributed by atoms with Gasteiger partial charge in [0.1, 0.15) is 11.8 Å². The van der Waals surface area contributed by atoms with E-state index in [4.69, 9.17) is 9.68 Å². The van der Waals surface area contributed by atoms with Crippen molar-refractivity contribution in [2.75, 3.05) is 5.72 Å². The van der Waals surface area contributed by atoms with Crippen LogP contribution in [0.3, 0.4) is 0 Å². The molecule has 2 heterocycles. The van der Waals surface area contributed by atoms with E-state index in [9.17, 15) is 14.4 Å². The maximum absolute atomic E-state index is 13.2. The number of piperidine rings is 1. The van der Waals surface area contributed by atoms with Crippen LogP contribution < -0.4 is 16.6 Å². The van der Waals surface area contributed by atoms with Gasteiger partial charge in [-0.05, 0) is 25.4 Å². The predicted octanol–water partition coefficient (Wildman–Crippen LogP) is 0.265. The fourth-order valence-corrected chi connectivity index (χ4v) is 2.11. The lowest BCUT2D eigenvalue weighted by atomic mass is 10.1. The van der Waals surface area contributed by atoms with Crippen LogP contribution in [0.2, 0.25) is 2.82 Å². The van der Waals surface area contributed by atoms with E-state index in [1.165, 1.54) is 25.1 Å². The number of aryl methyl sites for hydroxylation is 1. The molecule has 0 saturated carbocycles. The van der Waals surface area contributed by atoms with Crippen LogP contribution in [0.15, 0.2) is 23.0 Å². The molecule has 21 heavy (non-hydrogen) atoms. The van der Waals surface area contributed by atoms with Gasteiger partial charge in [0.2, 0.25) is 11.8 Å². The topological polar surface area (TPSA) is 107 Å². The summed E-state index contributed by atoms with van der Waals surface area (Å²) in [6.45, 7) is 1.22. The minimum atomic E-state index is -3.44. The number of nitrogen functional groups attached to an aromatic ring is 1. The van der Waals surface area contributed by atoms with E-state index in [0.717, 1.165) is 0 Å². The normalized spacial score (nSPS) is 31.8. The highest BCUT2D eigenvalue weighted by atomic mass is 16.2. The molecule has 1 aromatic heterocycles. The number of hydrogen-bond donors (Lipinski definition) is 2. The number of carbonyl (C=O) groups excluding carboxylic acids is 2. The van der Waals surface area contributed by atoms with E-state index >= 15 is 0 Å². The van der Waals surface area contributed by atoms with Gasteiger partial charge in [0.25, 0.3) is 5.56 Å². The lowest BCUT2D eigenvalue weighted by molar-refractivity contribution is -0.135. The number of nitrogens with two attached hydrogens (primary N) is 1. The van der Waals surface area contributed by atoms with Gasteiger partial charge in [-0.2, -0.15) is 0 Å². The second-order valence-corrected chi connectivity index (χ2v) is 4.35. The van der Waals surface area contributed by atoms with Crippen molar-refractivity contribution in [3.05, 3.63) is 34.4 Å². The minimum absolute atomic E-state index is 0.0419. The number of amides is 2. The summed E-state index contributed by atoms with van der Waals surface area (Å²) < 4.78 is 55.4. The van der Waals surface area contributed by atoms with Gasteiger partial charge in [-0.3, -0.25) is 24.3 Å². The smallest absolute Gasteiger partial charge is 0.264 e. The Balaban J connectivity index is 2.46. The molecule has 1 saturated heterocycles. The largest absolute Gasteiger partial charge is 0.398 e. The van der Waals surface area contributed by atoms with Crippen LogP contribution in [0.1, 0.15) is 31.4 Å². The maximum atomic E-state index is 13.2. The molecule has 3 rings (SSSR count). The third kappa shape index (κ3) is 2.06. The van der Waals surface area contributed by atoms with Gasteiger partial charge in [0.15, 0.2) is 2.82 Å². The zero-order chi connectivity index (χ0) is 21.2. The lowest BCUT2D eigenvalue weighted by Crippen LogP contribution is -2.45. The molecule has 1 unspecified atom stereocenters. The van der Waals surface area contributed by atoms with E-state index in [-0.39, 0.29) is 28.1 Å². The first kappa shape index (κ1) is 7.35. The molecule has 7 nitrogen and oxygen atoms in total. The summed E-state index contributed by atoms with van der Waals surface area (Å²) in [5.41, 5.74) is -1.19. The third-order valence-corrected chi connectivity index (χ3v) is 3.00. The number of nitrogens with zero attached hydrogens (tertiary/aromatic N) is 2. The molecule has 0 radical (unpaired) electrons. The first-order valence-electron chi connectivity index (χ1n) is 9.34. The van der Waals surface area contributed by atoms with Crippen molar-refractivity contribution in [3.63, 3.8) is 0 Å². The van der Waals surface area contributed by atoms with Crippen molar-refractivity contribution in [1.82, 2.24) is 14.9 Å². The first-order valence-corrected chi connectivity index (χ1v) is 5.95. The number of hydrogen-bond acceptors (Lipinski definition) is 5. The van der Waals surface area contributed by atoms with Crippen molar-refractivity contribution < 1.29 is 19.3 Å². The molecule has 1 aromatic carbocycles. The Labute approximate surface area is 129 Å². The number of rotatable bonds is 2. The van der Waals surface area contributed by atoms with Crippen molar-refractivity contribution in [3.8, 4) is 0 Å². The van der Waals surface area contributed by atoms with Crippen molar-refractivity contribution in [2.24, 2.45) is 0 Å². The molecule has 0 spiro atoms. The molecule has 3 N–H and O–H groups in total. The van der Waals surface area contributed by atoms with Crippen molar-refractivity contribution >= 4 is 28.4 Å². The second kappa shape index (κ2) is 4.69. The number of fused-ring (bicyclic) bond motifs is 1. The Kier molecular flexibility index (Phi) is 1.64. The van der Waals surface area contributed by atoms with Crippen LogP contribution in [0.5, 0.6) is 0 Å². The molecule has 0 bridgehead atoms. The SMILES string of the molecule is [2H]N([2H])c1cccc2nc(C)n(C3([2H])C(=O)NC(=O)C([2H])([2H])C3([2H])[2H])c(=O)c12. The summed E-state index contributed by atoms with van der Waals surface area (Å²) in [6.07, 6.45) is -6.75. The number of aromatic nitrogens is 2. The molecular formula is C14H14N4O3. The highest BCUT2D eigenvalue weighted by molar-refractivity contribution is 5.99. The molecule has 1 atom stereocenters. The summed E-state index contributed by atoms with van der Waals surface area (Å²) in [6, 6.07) is 0.870. The van der Waals surface area contributed by atoms with Crippen LogP contribution in [-0.2, 0) is 9.59 Å². The average molecular weight is 293 g/mol. The van der Waals surface area contributed by atoms with E-state index in [1.54, 1.807) is 5.32 Å². The van der Waals surface area contributed by atoms with E-state index in [1.807, 2.05) is 0 Å². The van der Waals surface area contributed by atoms with Gasteiger partial charge in [-0.1, -0.05) is 6.07 Å². The van der Waals surface area contributed by atoms with Gasteiger partial charge < -0.3 is 5.72 Å². The van der Waals surface area contributed by atoms with Gasteiger partial charge >= 0.3 is 0 Å². The van der Waals surface area contributed by atoms with Gasteiger partial charge in [-0.15, -0.1) is 0 Å². The number of imide groups is 1. The first-order chi connectivity index (χ1) is 12.8. The average Bonchev–Trinajstić information content (AvgIpc) is 2.59. The van der Waals surface area contributed by atoms with Crippen LogP contribution in [0, 0.1) is 6.92 Å². The third-order valence-electron chi connectivity index (χ3n) is 3.00. The summed E-state index contributed by atoms with van der Waals surface area (Å²) >= 11 is 0. The predicted molar refractivity (Wildman–Crippen MR) is 76.6 cm³/mol. The maximum Gasteiger partial charge on any atom is 0.264 e. The molecule has 108 valence electrons. The Bertz CT molecular complexity index is 1080. The fraction of sp³-hybridized carbons (Fsp3) is 0.286. The van der Waals surface area contributed by atoms with E-state index in [0.29, 0.717) is 4.57 Å². The van der Waals surface area contributed by atoms with Crippen LogP contribution >= 0.6 is 0 Å². The Morgan fingerprint density at radius 1 is 1.52 bits per heavy atom. The molecule has 1 aliphatic heterocycles. The standard InChI is InChI=1S/C14H14N4O3/c1-7-16-9-4-2-3-8(15)12(9)14(21)18(7)10-5-6-11(19)17-13(10)20/h2-4,10H,5-6,15H2,1H3,(H,17,19,20)/i5D2,6D2,10D/hD2. The number of benzene rings is 1. The molecule has 7 heteroatoms. The van der Waals surface area contributed by atoms with Crippen molar-refractivity contribution in [2.45, 2.75) is 25.7 Å². The lowest BCUT2D eigenvalue weighted by Gasteiger charge is -2.24. The van der Waals surface area contributed by atoms with Gasteiger partial charge in [0, 0.05) is 17.5 Å². The van der Waals surface area contributed by atoms with Crippen LogP contribution in [0.4, 0.5) is 5.69 Å². The summed E-state index contributed by atoms with van der Waals surface area (Å²) in [5, 5.41) is 1.27. The monoisotopic (exact) mass is 293 g/mol. The number of anilines is 1. The number of carbonyl (C=O) groups is 2. The van der Waals surface area contributed by atoms with Gasteiger partial charge in [0.05, 0.1) is 12.3 Å². The zero-order valence-electron chi connectivity index (χ0n) is 17.8. The highest BCUT2D eigenvalue weighted by Gasteiger charge is 2.30. The second-order valence-electron chi connectivity index (χ2n) is 4.35. The Hall–Kier alpha value is -2.70.